The van der Waals surface area contributed by atoms with Crippen LogP contribution in [0.4, 0.5) is 0 Å². The lowest BCUT2D eigenvalue weighted by Crippen LogP contribution is -2.03. The number of hydrogen-bond acceptors (Lipinski definition) is 1. The highest BCUT2D eigenvalue weighted by Gasteiger charge is 2.08. The van der Waals surface area contributed by atoms with Crippen molar-refractivity contribution < 1.29 is 0 Å². The molecule has 84 valence electrons. The highest BCUT2D eigenvalue weighted by atomic mass is 15.1. The van der Waals surface area contributed by atoms with Crippen molar-refractivity contribution >= 4 is 11.0 Å². The normalized spacial score (nSPS) is 10.8. The van der Waals surface area contributed by atoms with Crippen LogP contribution in [0.15, 0.2) is 36.9 Å². The van der Waals surface area contributed by atoms with Crippen molar-refractivity contribution in [2.24, 2.45) is 0 Å². The summed E-state index contributed by atoms with van der Waals surface area (Å²) in [6.45, 7) is 7.02. The maximum atomic E-state index is 4.68. The molecule has 16 heavy (non-hydrogen) atoms. The molecule has 0 N–H and O–H groups in total. The Kier molecular flexibility index (Phi) is 3.40. The van der Waals surface area contributed by atoms with Crippen molar-refractivity contribution in [3.05, 3.63) is 42.7 Å². The molecule has 0 spiro atoms. The van der Waals surface area contributed by atoms with E-state index in [4.69, 9.17) is 0 Å². The molecule has 0 aliphatic carbocycles. The summed E-state index contributed by atoms with van der Waals surface area (Å²) in [5.41, 5.74) is 2.36. The lowest BCUT2D eigenvalue weighted by atomic mass is 10.3. The second kappa shape index (κ2) is 4.97. The smallest absolute Gasteiger partial charge is 0.110 e. The van der Waals surface area contributed by atoms with E-state index in [-0.39, 0.29) is 0 Å². The van der Waals surface area contributed by atoms with Gasteiger partial charge in [0.2, 0.25) is 0 Å². The molecule has 0 aliphatic heterocycles. The van der Waals surface area contributed by atoms with Gasteiger partial charge in [-0.3, -0.25) is 0 Å². The number of nitrogens with zero attached hydrogens (tertiary/aromatic N) is 2. The maximum Gasteiger partial charge on any atom is 0.110 e. The molecule has 0 radical (unpaired) electrons. The van der Waals surface area contributed by atoms with Crippen molar-refractivity contribution in [2.45, 2.75) is 32.7 Å². The fraction of sp³-hybridized carbons (Fsp3) is 0.357. The van der Waals surface area contributed by atoms with Crippen LogP contribution >= 0.6 is 0 Å². The number of hydrogen-bond donors (Lipinski definition) is 0. The molecule has 0 saturated heterocycles. The van der Waals surface area contributed by atoms with Crippen LogP contribution in [0.25, 0.3) is 11.0 Å². The predicted molar refractivity (Wildman–Crippen MR) is 68.5 cm³/mol. The van der Waals surface area contributed by atoms with Gasteiger partial charge in [0, 0.05) is 13.0 Å². The summed E-state index contributed by atoms with van der Waals surface area (Å²) in [7, 11) is 0. The largest absolute Gasteiger partial charge is 0.328 e. The first-order chi connectivity index (χ1) is 7.86. The first-order valence-electron chi connectivity index (χ1n) is 5.92. The van der Waals surface area contributed by atoms with Gasteiger partial charge in [0.25, 0.3) is 0 Å². The Morgan fingerprint density at radius 3 is 2.94 bits per heavy atom. The third-order valence-corrected chi connectivity index (χ3v) is 2.75. The molecule has 0 bridgehead atoms. The molecular formula is C14H18N2. The third kappa shape index (κ3) is 2.01. The molecule has 0 saturated carbocycles. The van der Waals surface area contributed by atoms with Gasteiger partial charge in [-0.1, -0.05) is 25.1 Å². The highest BCUT2D eigenvalue weighted by molar-refractivity contribution is 5.75. The third-order valence-electron chi connectivity index (χ3n) is 2.75. The zero-order valence-electron chi connectivity index (χ0n) is 9.82. The van der Waals surface area contributed by atoms with Gasteiger partial charge in [0.1, 0.15) is 5.82 Å². The van der Waals surface area contributed by atoms with E-state index in [0.29, 0.717) is 0 Å². The van der Waals surface area contributed by atoms with Crippen LogP contribution in [0.1, 0.15) is 25.6 Å². The van der Waals surface area contributed by atoms with Crippen molar-refractivity contribution in [1.82, 2.24) is 9.55 Å². The average molecular weight is 214 g/mol. The first-order valence-corrected chi connectivity index (χ1v) is 5.92. The van der Waals surface area contributed by atoms with E-state index in [0.717, 1.165) is 31.3 Å². The van der Waals surface area contributed by atoms with Crippen LogP contribution in [0, 0.1) is 0 Å². The van der Waals surface area contributed by atoms with Gasteiger partial charge in [0.15, 0.2) is 0 Å². The Bertz CT molecular complexity index is 482. The Labute approximate surface area is 96.6 Å². The lowest BCUT2D eigenvalue weighted by molar-refractivity contribution is 0.652. The van der Waals surface area contributed by atoms with Crippen LogP contribution in [0.3, 0.4) is 0 Å². The fourth-order valence-corrected chi connectivity index (χ4v) is 2.02. The zero-order valence-corrected chi connectivity index (χ0v) is 9.82. The summed E-state index contributed by atoms with van der Waals surface area (Å²) in [5.74, 6) is 1.18. The van der Waals surface area contributed by atoms with Gasteiger partial charge in [-0.25, -0.2) is 4.98 Å². The Balaban J connectivity index is 2.45. The Morgan fingerprint density at radius 1 is 1.38 bits per heavy atom. The van der Waals surface area contributed by atoms with E-state index in [9.17, 15) is 0 Å². The number of benzene rings is 1. The molecule has 1 aromatic heterocycles. The maximum absolute atomic E-state index is 4.68. The van der Waals surface area contributed by atoms with Crippen molar-refractivity contribution in [3.8, 4) is 0 Å². The molecule has 1 aromatic carbocycles. The van der Waals surface area contributed by atoms with E-state index in [2.05, 4.69) is 41.3 Å². The SMILES string of the molecule is C=CCCc1nc2ccccc2n1CCC. The summed E-state index contributed by atoms with van der Waals surface area (Å²) in [5, 5.41) is 0. The average Bonchev–Trinajstić information content (AvgIpc) is 2.66. The molecule has 2 rings (SSSR count). The number of aryl methyl sites for hydroxylation is 2. The predicted octanol–water partition coefficient (Wildman–Crippen LogP) is 3.56. The molecule has 1 heterocycles. The van der Waals surface area contributed by atoms with Gasteiger partial charge >= 0.3 is 0 Å². The first kappa shape index (κ1) is 10.9. The second-order valence-electron chi connectivity index (χ2n) is 4.00. The molecule has 0 aliphatic rings. The Morgan fingerprint density at radius 2 is 2.19 bits per heavy atom. The number of allylic oxidation sites excluding steroid dienone is 1. The van der Waals surface area contributed by atoms with Crippen molar-refractivity contribution in [2.75, 3.05) is 0 Å². The number of imidazole rings is 1. The van der Waals surface area contributed by atoms with Gasteiger partial charge < -0.3 is 4.57 Å². The molecule has 2 heteroatoms. The van der Waals surface area contributed by atoms with E-state index >= 15 is 0 Å². The molecule has 2 nitrogen and oxygen atoms in total. The summed E-state index contributed by atoms with van der Waals surface area (Å²) in [6, 6.07) is 8.35. The highest BCUT2D eigenvalue weighted by Crippen LogP contribution is 2.17. The zero-order chi connectivity index (χ0) is 11.4. The van der Waals surface area contributed by atoms with E-state index < -0.39 is 0 Å². The standard InChI is InChI=1S/C14H18N2/c1-3-5-10-14-15-12-8-6-7-9-13(12)16(14)11-4-2/h3,6-9H,1,4-5,10-11H2,2H3. The molecule has 0 fully saturated rings. The van der Waals surface area contributed by atoms with Gasteiger partial charge in [-0.15, -0.1) is 6.58 Å². The number of aromatic nitrogens is 2. The molecule has 0 unspecified atom stereocenters. The van der Waals surface area contributed by atoms with Gasteiger partial charge in [0.05, 0.1) is 11.0 Å². The minimum Gasteiger partial charge on any atom is -0.328 e. The molecule has 0 atom stereocenters. The van der Waals surface area contributed by atoms with Crippen LogP contribution in [0.5, 0.6) is 0 Å². The van der Waals surface area contributed by atoms with E-state index in [1.165, 1.54) is 11.3 Å². The van der Waals surface area contributed by atoms with E-state index in [1.54, 1.807) is 0 Å². The van der Waals surface area contributed by atoms with Gasteiger partial charge in [-0.05, 0) is 25.0 Å². The molecule has 2 aromatic rings. The Hall–Kier alpha value is -1.57. The van der Waals surface area contributed by atoms with Crippen LogP contribution in [-0.4, -0.2) is 9.55 Å². The minimum absolute atomic E-state index is 0.984. The lowest BCUT2D eigenvalue weighted by Gasteiger charge is -2.06. The number of fused-ring (bicyclic) bond motifs is 1. The van der Waals surface area contributed by atoms with Crippen LogP contribution in [0.2, 0.25) is 0 Å². The van der Waals surface area contributed by atoms with Crippen molar-refractivity contribution in [1.29, 1.82) is 0 Å². The minimum atomic E-state index is 0.984. The summed E-state index contributed by atoms with van der Waals surface area (Å²) < 4.78 is 2.33. The molecule has 0 amide bonds. The fourth-order valence-electron chi connectivity index (χ4n) is 2.02. The number of rotatable bonds is 5. The summed E-state index contributed by atoms with van der Waals surface area (Å²) in [4.78, 5) is 4.68. The topological polar surface area (TPSA) is 17.8 Å². The monoisotopic (exact) mass is 214 g/mol. The van der Waals surface area contributed by atoms with E-state index in [1.807, 2.05) is 12.1 Å². The van der Waals surface area contributed by atoms with Crippen molar-refractivity contribution in [3.63, 3.8) is 0 Å². The second-order valence-corrected chi connectivity index (χ2v) is 4.00. The molecular weight excluding hydrogens is 196 g/mol. The van der Waals surface area contributed by atoms with Crippen LogP contribution < -0.4 is 0 Å². The van der Waals surface area contributed by atoms with Gasteiger partial charge in [-0.2, -0.15) is 0 Å². The number of para-hydroxylation sites is 2. The summed E-state index contributed by atoms with van der Waals surface area (Å²) >= 11 is 0. The van der Waals surface area contributed by atoms with Crippen LogP contribution in [-0.2, 0) is 13.0 Å². The summed E-state index contributed by atoms with van der Waals surface area (Å²) in [6.07, 6.45) is 5.07. The quantitative estimate of drug-likeness (QED) is 0.696.